The molecule has 19 heavy (non-hydrogen) atoms. The van der Waals surface area contributed by atoms with Crippen LogP contribution < -0.4 is 5.32 Å². The van der Waals surface area contributed by atoms with Gasteiger partial charge in [-0.2, -0.15) is 0 Å². The Labute approximate surface area is 131 Å². The first-order chi connectivity index (χ1) is 9.15. The second kappa shape index (κ2) is 5.53. The Morgan fingerprint density at radius 2 is 1.84 bits per heavy atom. The summed E-state index contributed by atoms with van der Waals surface area (Å²) in [4.78, 5) is 1.34. The maximum Gasteiger partial charge on any atom is 0.0653 e. The third kappa shape index (κ3) is 3.03. The highest BCUT2D eigenvalue weighted by Gasteiger charge is 2.33. The van der Waals surface area contributed by atoms with Crippen molar-refractivity contribution in [1.29, 1.82) is 0 Å². The van der Waals surface area contributed by atoms with Gasteiger partial charge < -0.3 is 5.32 Å². The van der Waals surface area contributed by atoms with Gasteiger partial charge in [-0.25, -0.2) is 0 Å². The monoisotopic (exact) mass is 331 g/mol. The van der Waals surface area contributed by atoms with Gasteiger partial charge in [-0.15, -0.1) is 11.3 Å². The molecular formula is C14H12Cl3NS. The molecule has 1 aliphatic carbocycles. The smallest absolute Gasteiger partial charge is 0.0653 e. The van der Waals surface area contributed by atoms with Crippen LogP contribution >= 0.6 is 46.1 Å². The summed E-state index contributed by atoms with van der Waals surface area (Å²) >= 11 is 20.0. The zero-order valence-corrected chi connectivity index (χ0v) is 13.1. The highest BCUT2D eigenvalue weighted by atomic mass is 35.5. The normalized spacial score (nSPS) is 16.4. The Morgan fingerprint density at radius 1 is 1.11 bits per heavy atom. The minimum atomic E-state index is 0.315. The standard InChI is InChI=1S/C14H12Cl3NS/c15-9-6-11(17)12(7-10(9)16)18-14(8-3-4-8)13-2-1-5-19-13/h1-2,5-8,14,18H,3-4H2. The predicted molar refractivity (Wildman–Crippen MR) is 84.9 cm³/mol. The fourth-order valence-electron chi connectivity index (χ4n) is 2.12. The van der Waals surface area contributed by atoms with E-state index in [-0.39, 0.29) is 0 Å². The summed E-state index contributed by atoms with van der Waals surface area (Å²) in [5.41, 5.74) is 0.848. The average molecular weight is 333 g/mol. The van der Waals surface area contributed by atoms with E-state index >= 15 is 0 Å². The minimum Gasteiger partial charge on any atom is -0.376 e. The summed E-state index contributed by atoms with van der Waals surface area (Å²) < 4.78 is 0. The highest BCUT2D eigenvalue weighted by molar-refractivity contribution is 7.10. The molecule has 0 radical (unpaired) electrons. The first kappa shape index (κ1) is 13.6. The molecule has 1 aliphatic rings. The quantitative estimate of drug-likeness (QED) is 0.650. The number of halogens is 3. The van der Waals surface area contributed by atoms with Gasteiger partial charge >= 0.3 is 0 Å². The van der Waals surface area contributed by atoms with Crippen LogP contribution in [0, 0.1) is 5.92 Å². The third-order valence-electron chi connectivity index (χ3n) is 3.26. The minimum absolute atomic E-state index is 0.315. The number of thiophene rings is 1. The third-order valence-corrected chi connectivity index (χ3v) is 5.25. The second-order valence-electron chi connectivity index (χ2n) is 4.72. The van der Waals surface area contributed by atoms with Crippen molar-refractivity contribution in [3.8, 4) is 0 Å². The van der Waals surface area contributed by atoms with E-state index in [1.165, 1.54) is 17.7 Å². The van der Waals surface area contributed by atoms with E-state index < -0.39 is 0 Å². The molecular weight excluding hydrogens is 321 g/mol. The number of benzene rings is 1. The molecule has 100 valence electrons. The number of rotatable bonds is 4. The van der Waals surface area contributed by atoms with E-state index in [2.05, 4.69) is 22.8 Å². The average Bonchev–Trinajstić information content (AvgIpc) is 3.07. The molecule has 1 aromatic carbocycles. The van der Waals surface area contributed by atoms with Crippen LogP contribution in [0.2, 0.25) is 15.1 Å². The maximum absolute atomic E-state index is 6.23. The number of nitrogens with one attached hydrogen (secondary N) is 1. The van der Waals surface area contributed by atoms with Gasteiger partial charge in [0.15, 0.2) is 0 Å². The van der Waals surface area contributed by atoms with Crippen molar-refractivity contribution >= 4 is 51.8 Å². The van der Waals surface area contributed by atoms with Gasteiger partial charge in [0, 0.05) is 4.88 Å². The number of anilines is 1. The largest absolute Gasteiger partial charge is 0.376 e. The van der Waals surface area contributed by atoms with Crippen molar-refractivity contribution in [2.24, 2.45) is 5.92 Å². The lowest BCUT2D eigenvalue weighted by atomic mass is 10.1. The summed E-state index contributed by atoms with van der Waals surface area (Å²) in [6.07, 6.45) is 2.52. The zero-order valence-electron chi connectivity index (χ0n) is 10.00. The molecule has 1 N–H and O–H groups in total. The molecule has 1 atom stereocenters. The van der Waals surface area contributed by atoms with Crippen LogP contribution in [0.25, 0.3) is 0 Å². The molecule has 1 nitrogen and oxygen atoms in total. The van der Waals surface area contributed by atoms with Gasteiger partial charge in [-0.1, -0.05) is 40.9 Å². The van der Waals surface area contributed by atoms with Crippen molar-refractivity contribution in [2.75, 3.05) is 5.32 Å². The van der Waals surface area contributed by atoms with Crippen LogP contribution in [0.15, 0.2) is 29.6 Å². The molecule has 0 saturated heterocycles. The van der Waals surface area contributed by atoms with E-state index in [0.717, 1.165) is 5.69 Å². The summed E-state index contributed by atoms with van der Waals surface area (Å²) in [5, 5.41) is 7.23. The van der Waals surface area contributed by atoms with Gasteiger partial charge in [0.05, 0.1) is 26.8 Å². The SMILES string of the molecule is Clc1cc(Cl)c(NC(c2cccs2)C2CC2)cc1Cl. The molecule has 0 amide bonds. The summed E-state index contributed by atoms with van der Waals surface area (Å²) in [7, 11) is 0. The fourth-order valence-corrected chi connectivity index (χ4v) is 3.59. The predicted octanol–water partition coefficient (Wildman–Crippen LogP) is 6.27. The maximum atomic E-state index is 6.23. The van der Waals surface area contributed by atoms with Gasteiger partial charge in [-0.3, -0.25) is 0 Å². The zero-order chi connectivity index (χ0) is 13.4. The number of hydrogen-bond acceptors (Lipinski definition) is 2. The van der Waals surface area contributed by atoms with Gasteiger partial charge in [-0.05, 0) is 42.3 Å². The molecule has 1 aromatic heterocycles. The summed E-state index contributed by atoms with van der Waals surface area (Å²) in [6, 6.07) is 8.04. The number of hydrogen-bond donors (Lipinski definition) is 1. The first-order valence-electron chi connectivity index (χ1n) is 6.09. The van der Waals surface area contributed by atoms with Crippen molar-refractivity contribution < 1.29 is 0 Å². The van der Waals surface area contributed by atoms with Gasteiger partial charge in [0.25, 0.3) is 0 Å². The van der Waals surface area contributed by atoms with E-state index in [1.54, 1.807) is 23.5 Å². The van der Waals surface area contributed by atoms with Crippen molar-refractivity contribution in [1.82, 2.24) is 0 Å². The van der Waals surface area contributed by atoms with Crippen LogP contribution in [-0.4, -0.2) is 0 Å². The van der Waals surface area contributed by atoms with Crippen molar-refractivity contribution in [3.63, 3.8) is 0 Å². The Morgan fingerprint density at radius 3 is 2.47 bits per heavy atom. The molecule has 2 aromatic rings. The molecule has 5 heteroatoms. The summed E-state index contributed by atoms with van der Waals surface area (Å²) in [5.74, 6) is 0.684. The van der Waals surface area contributed by atoms with Gasteiger partial charge in [0.2, 0.25) is 0 Å². The molecule has 0 aliphatic heterocycles. The Bertz CT molecular complexity index is 579. The first-order valence-corrected chi connectivity index (χ1v) is 8.11. The second-order valence-corrected chi connectivity index (χ2v) is 6.92. The molecule has 3 rings (SSSR count). The Hall–Kier alpha value is -0.410. The fraction of sp³-hybridized carbons (Fsp3) is 0.286. The topological polar surface area (TPSA) is 12.0 Å². The molecule has 0 bridgehead atoms. The molecule has 1 saturated carbocycles. The molecule has 0 spiro atoms. The highest BCUT2D eigenvalue weighted by Crippen LogP contribution is 2.45. The van der Waals surface area contributed by atoms with Crippen molar-refractivity contribution in [2.45, 2.75) is 18.9 Å². The van der Waals surface area contributed by atoms with Crippen LogP contribution in [0.4, 0.5) is 5.69 Å². The van der Waals surface area contributed by atoms with E-state index in [9.17, 15) is 0 Å². The Balaban J connectivity index is 1.88. The Kier molecular flexibility index (Phi) is 3.95. The molecule has 1 unspecified atom stereocenters. The van der Waals surface area contributed by atoms with Crippen LogP contribution in [0.3, 0.4) is 0 Å². The summed E-state index contributed by atoms with van der Waals surface area (Å²) in [6.45, 7) is 0. The lowest BCUT2D eigenvalue weighted by molar-refractivity contribution is 0.691. The van der Waals surface area contributed by atoms with E-state index in [1.807, 2.05) is 0 Å². The van der Waals surface area contributed by atoms with Crippen LogP contribution in [0.5, 0.6) is 0 Å². The molecule has 1 fully saturated rings. The van der Waals surface area contributed by atoms with Crippen LogP contribution in [-0.2, 0) is 0 Å². The van der Waals surface area contributed by atoms with E-state index in [4.69, 9.17) is 34.8 Å². The van der Waals surface area contributed by atoms with Crippen molar-refractivity contribution in [3.05, 3.63) is 49.6 Å². The van der Waals surface area contributed by atoms with Gasteiger partial charge in [0.1, 0.15) is 0 Å². The van der Waals surface area contributed by atoms with Crippen LogP contribution in [0.1, 0.15) is 23.8 Å². The lowest BCUT2D eigenvalue weighted by Crippen LogP contribution is -2.11. The lowest BCUT2D eigenvalue weighted by Gasteiger charge is -2.19. The van der Waals surface area contributed by atoms with E-state index in [0.29, 0.717) is 27.0 Å². The molecule has 1 heterocycles.